The molecule has 0 heterocycles. The third-order valence-corrected chi connectivity index (χ3v) is 3.28. The quantitative estimate of drug-likeness (QED) is 0.499. The zero-order valence-corrected chi connectivity index (χ0v) is 12.6. The third kappa shape index (κ3) is 4.93. The highest BCUT2D eigenvalue weighted by Crippen LogP contribution is 2.22. The number of nitrogens with two attached hydrogens (primary N) is 2. The minimum absolute atomic E-state index is 0.0856. The van der Waals surface area contributed by atoms with E-state index in [4.69, 9.17) is 16.9 Å². The molecule has 0 saturated carbocycles. The topological polar surface area (TPSA) is 117 Å². The van der Waals surface area contributed by atoms with Gasteiger partial charge in [0.05, 0.1) is 5.75 Å². The van der Waals surface area contributed by atoms with E-state index in [1.165, 1.54) is 0 Å². The molecule has 1 amide bonds. The van der Waals surface area contributed by atoms with E-state index in [-0.39, 0.29) is 22.8 Å². The molecule has 20 heavy (non-hydrogen) atoms. The Morgan fingerprint density at radius 3 is 2.35 bits per heavy atom. The van der Waals surface area contributed by atoms with E-state index in [2.05, 4.69) is 10.3 Å². The lowest BCUT2D eigenvalue weighted by atomic mass is 10.1. The lowest BCUT2D eigenvalue weighted by Gasteiger charge is -2.12. The molecule has 0 atom stereocenters. The van der Waals surface area contributed by atoms with Crippen LogP contribution in [0.15, 0.2) is 17.1 Å². The van der Waals surface area contributed by atoms with Gasteiger partial charge < -0.3 is 16.8 Å². The van der Waals surface area contributed by atoms with Gasteiger partial charge in [-0.3, -0.25) is 10.2 Å². The van der Waals surface area contributed by atoms with Crippen molar-refractivity contribution in [2.24, 2.45) is 16.5 Å². The second-order valence-electron chi connectivity index (χ2n) is 4.45. The molecule has 0 unspecified atom stereocenters. The Kier molecular flexibility index (Phi) is 5.57. The van der Waals surface area contributed by atoms with Crippen LogP contribution in [0.5, 0.6) is 0 Å². The summed E-state index contributed by atoms with van der Waals surface area (Å²) in [5, 5.41) is 10.2. The maximum absolute atomic E-state index is 11.9. The van der Waals surface area contributed by atoms with Gasteiger partial charge in [-0.1, -0.05) is 29.5 Å². The van der Waals surface area contributed by atoms with Gasteiger partial charge in [0, 0.05) is 5.69 Å². The Labute approximate surface area is 122 Å². The fraction of sp³-hybridized carbons (Fsp3) is 0.308. The van der Waals surface area contributed by atoms with E-state index in [0.717, 1.165) is 34.1 Å². The Balaban J connectivity index is 2.64. The number of hydrogen-bond donors (Lipinski definition) is 4. The van der Waals surface area contributed by atoms with E-state index in [1.54, 1.807) is 0 Å². The molecule has 0 fully saturated rings. The van der Waals surface area contributed by atoms with Crippen molar-refractivity contribution in [2.75, 3.05) is 11.1 Å². The summed E-state index contributed by atoms with van der Waals surface area (Å²) in [5.41, 5.74) is 14.3. The largest absolute Gasteiger partial charge is 0.370 e. The van der Waals surface area contributed by atoms with Gasteiger partial charge >= 0.3 is 0 Å². The number of aliphatic imine (C=N–C) groups is 1. The third-order valence-electron chi connectivity index (χ3n) is 2.51. The highest BCUT2D eigenvalue weighted by molar-refractivity contribution is 8.14. The molecule has 6 nitrogen and oxygen atoms in total. The number of carbonyl (C=O) groups excluding carboxylic acids is 1. The summed E-state index contributed by atoms with van der Waals surface area (Å²) in [4.78, 5) is 15.4. The van der Waals surface area contributed by atoms with Crippen LogP contribution in [-0.2, 0) is 4.79 Å². The highest BCUT2D eigenvalue weighted by atomic mass is 32.2. The summed E-state index contributed by atoms with van der Waals surface area (Å²) in [6, 6.07) is 4.02. The Morgan fingerprint density at radius 2 is 1.85 bits per heavy atom. The first kappa shape index (κ1) is 16.0. The number of aryl methyl sites for hydroxylation is 3. The van der Waals surface area contributed by atoms with Crippen LogP contribution in [0, 0.1) is 26.2 Å². The van der Waals surface area contributed by atoms with Gasteiger partial charge in [-0.2, -0.15) is 4.99 Å². The van der Waals surface area contributed by atoms with E-state index < -0.39 is 0 Å². The average molecular weight is 293 g/mol. The van der Waals surface area contributed by atoms with Crippen LogP contribution in [0.4, 0.5) is 5.69 Å². The predicted octanol–water partition coefficient (Wildman–Crippen LogP) is 1.49. The number of anilines is 1. The molecular weight excluding hydrogens is 274 g/mol. The Morgan fingerprint density at radius 1 is 1.30 bits per heavy atom. The van der Waals surface area contributed by atoms with Gasteiger partial charge in [-0.25, -0.2) is 0 Å². The molecule has 0 aromatic heterocycles. The van der Waals surface area contributed by atoms with Crippen LogP contribution in [0.2, 0.25) is 0 Å². The van der Waals surface area contributed by atoms with Crippen molar-refractivity contribution in [1.29, 1.82) is 5.41 Å². The molecule has 1 rings (SSSR count). The summed E-state index contributed by atoms with van der Waals surface area (Å²) >= 11 is 0.971. The zero-order valence-electron chi connectivity index (χ0n) is 11.8. The van der Waals surface area contributed by atoms with E-state index in [9.17, 15) is 4.79 Å². The molecule has 1 aromatic rings. The lowest BCUT2D eigenvalue weighted by Crippen LogP contribution is -2.24. The second-order valence-corrected chi connectivity index (χ2v) is 5.42. The Bertz CT molecular complexity index is 541. The van der Waals surface area contributed by atoms with Crippen LogP contribution in [0.1, 0.15) is 16.7 Å². The monoisotopic (exact) mass is 293 g/mol. The number of amides is 1. The first-order chi connectivity index (χ1) is 9.29. The second kappa shape index (κ2) is 6.95. The number of rotatable bonds is 3. The molecule has 108 valence electrons. The normalized spacial score (nSPS) is 9.95. The van der Waals surface area contributed by atoms with Gasteiger partial charge in [0.1, 0.15) is 0 Å². The molecule has 1 aromatic carbocycles. The number of hydrogen-bond acceptors (Lipinski definition) is 3. The number of nitrogens with zero attached hydrogens (tertiary/aromatic N) is 1. The molecule has 0 radical (unpaired) electrons. The van der Waals surface area contributed by atoms with Gasteiger partial charge in [0.25, 0.3) is 0 Å². The molecule has 0 aliphatic rings. The summed E-state index contributed by atoms with van der Waals surface area (Å²) in [5.74, 6) is -0.295. The SMILES string of the molecule is Cc1cc(C)c(NC(=O)CSC(=N)N=C(N)N)c(C)c1. The number of amidine groups is 1. The number of carbonyl (C=O) groups is 1. The molecule has 6 N–H and O–H groups in total. The van der Waals surface area contributed by atoms with Crippen molar-refractivity contribution in [3.63, 3.8) is 0 Å². The fourth-order valence-corrected chi connectivity index (χ4v) is 2.35. The average Bonchev–Trinajstić information content (AvgIpc) is 2.30. The minimum Gasteiger partial charge on any atom is -0.370 e. The predicted molar refractivity (Wildman–Crippen MR) is 85.3 cm³/mol. The molecule has 0 aliphatic heterocycles. The van der Waals surface area contributed by atoms with Crippen LogP contribution >= 0.6 is 11.8 Å². The first-order valence-electron chi connectivity index (χ1n) is 5.98. The van der Waals surface area contributed by atoms with Gasteiger partial charge in [-0.15, -0.1) is 0 Å². The van der Waals surface area contributed by atoms with Crippen molar-refractivity contribution in [3.8, 4) is 0 Å². The maximum Gasteiger partial charge on any atom is 0.234 e. The maximum atomic E-state index is 11.9. The summed E-state index contributed by atoms with van der Waals surface area (Å²) in [7, 11) is 0. The van der Waals surface area contributed by atoms with Crippen molar-refractivity contribution in [2.45, 2.75) is 20.8 Å². The van der Waals surface area contributed by atoms with E-state index in [1.807, 2.05) is 32.9 Å². The molecule has 0 spiro atoms. The van der Waals surface area contributed by atoms with Crippen LogP contribution in [0.25, 0.3) is 0 Å². The van der Waals surface area contributed by atoms with Crippen molar-refractivity contribution >= 4 is 34.5 Å². The number of thioether (sulfide) groups is 1. The van der Waals surface area contributed by atoms with Crippen LogP contribution < -0.4 is 16.8 Å². The molecule has 0 saturated heterocycles. The molecule has 0 bridgehead atoms. The van der Waals surface area contributed by atoms with Crippen molar-refractivity contribution in [3.05, 3.63) is 28.8 Å². The molecule has 7 heteroatoms. The molecular formula is C13H19N5OS. The summed E-state index contributed by atoms with van der Waals surface area (Å²) in [6.07, 6.45) is 0. The van der Waals surface area contributed by atoms with Crippen molar-refractivity contribution in [1.82, 2.24) is 0 Å². The number of benzene rings is 1. The standard InChI is InChI=1S/C13H19N5OS/c1-7-4-8(2)11(9(3)5-7)17-10(19)6-20-13(16)18-12(14)15/h4-5H,6H2,1-3H3,(H,17,19)(H5,14,15,16,18). The number of nitrogens with one attached hydrogen (secondary N) is 2. The van der Waals surface area contributed by atoms with Crippen molar-refractivity contribution < 1.29 is 4.79 Å². The van der Waals surface area contributed by atoms with Crippen LogP contribution in [-0.4, -0.2) is 22.8 Å². The fourth-order valence-electron chi connectivity index (χ4n) is 1.84. The molecule has 0 aliphatic carbocycles. The summed E-state index contributed by atoms with van der Waals surface area (Å²) < 4.78 is 0. The summed E-state index contributed by atoms with van der Waals surface area (Å²) in [6.45, 7) is 5.91. The van der Waals surface area contributed by atoms with E-state index >= 15 is 0 Å². The highest BCUT2D eigenvalue weighted by Gasteiger charge is 2.09. The van der Waals surface area contributed by atoms with Crippen LogP contribution in [0.3, 0.4) is 0 Å². The minimum atomic E-state index is -0.194. The number of guanidine groups is 1. The van der Waals surface area contributed by atoms with Gasteiger partial charge in [-0.05, 0) is 31.9 Å². The zero-order chi connectivity index (χ0) is 15.3. The van der Waals surface area contributed by atoms with E-state index in [0.29, 0.717) is 0 Å². The van der Waals surface area contributed by atoms with Gasteiger partial charge in [0.2, 0.25) is 5.91 Å². The smallest absolute Gasteiger partial charge is 0.234 e. The first-order valence-corrected chi connectivity index (χ1v) is 6.97. The Hall–Kier alpha value is -2.02. The lowest BCUT2D eigenvalue weighted by molar-refractivity contribution is -0.113. The van der Waals surface area contributed by atoms with Gasteiger partial charge in [0.15, 0.2) is 11.1 Å².